The quantitative estimate of drug-likeness (QED) is 0.632. The predicted molar refractivity (Wildman–Crippen MR) is 73.2 cm³/mol. The van der Waals surface area contributed by atoms with Crippen molar-refractivity contribution in [3.05, 3.63) is 42.0 Å². The van der Waals surface area contributed by atoms with Crippen LogP contribution < -0.4 is 0 Å². The lowest BCUT2D eigenvalue weighted by Crippen LogP contribution is -2.40. The van der Waals surface area contributed by atoms with E-state index in [1.54, 1.807) is 12.1 Å². The first-order valence-corrected chi connectivity index (χ1v) is 7.64. The average Bonchev–Trinajstić information content (AvgIpc) is 2.48. The maximum atomic E-state index is 12.5. The molecule has 18 heavy (non-hydrogen) atoms. The zero-order valence-corrected chi connectivity index (χ0v) is 12.1. The van der Waals surface area contributed by atoms with Crippen molar-refractivity contribution in [3.63, 3.8) is 0 Å². The minimum atomic E-state index is -3.45. The van der Waals surface area contributed by atoms with E-state index in [-0.39, 0.29) is 12.4 Å². The molecule has 0 amide bonds. The lowest BCUT2D eigenvalue weighted by Gasteiger charge is -2.30. The summed E-state index contributed by atoms with van der Waals surface area (Å²) in [4.78, 5) is 0.386. The van der Waals surface area contributed by atoms with Gasteiger partial charge in [-0.1, -0.05) is 24.8 Å². The van der Waals surface area contributed by atoms with E-state index in [4.69, 9.17) is 11.6 Å². The van der Waals surface area contributed by atoms with Crippen molar-refractivity contribution in [1.29, 1.82) is 0 Å². The van der Waals surface area contributed by atoms with E-state index >= 15 is 0 Å². The van der Waals surface area contributed by atoms with Crippen LogP contribution in [0.2, 0.25) is 0 Å². The van der Waals surface area contributed by atoms with Crippen molar-refractivity contribution >= 4 is 21.6 Å². The van der Waals surface area contributed by atoms with Gasteiger partial charge in [-0.2, -0.15) is 4.31 Å². The van der Waals surface area contributed by atoms with Crippen LogP contribution in [0.15, 0.2) is 41.3 Å². The minimum Gasteiger partial charge on any atom is -0.207 e. The number of nitrogens with zero attached hydrogens (tertiary/aromatic N) is 1. The van der Waals surface area contributed by atoms with Gasteiger partial charge in [0.25, 0.3) is 0 Å². The zero-order valence-electron chi connectivity index (χ0n) is 10.5. The van der Waals surface area contributed by atoms with Crippen LogP contribution in [0.1, 0.15) is 19.4 Å². The number of hydrogen-bond donors (Lipinski definition) is 0. The van der Waals surface area contributed by atoms with E-state index in [0.29, 0.717) is 10.5 Å². The monoisotopic (exact) mass is 285 g/mol. The molecule has 0 fully saturated rings. The summed E-state index contributed by atoms with van der Waals surface area (Å²) in [6.07, 6.45) is 0. The van der Waals surface area contributed by atoms with Crippen LogP contribution in [-0.4, -0.2) is 25.1 Å². The maximum Gasteiger partial charge on any atom is 0.244 e. The molecule has 0 aliphatic carbocycles. The molecule has 1 aliphatic rings. The van der Waals surface area contributed by atoms with Gasteiger partial charge in [0.2, 0.25) is 10.0 Å². The third-order valence-electron chi connectivity index (χ3n) is 3.29. The highest BCUT2D eigenvalue weighted by Gasteiger charge is 2.47. The Morgan fingerprint density at radius 2 is 2.00 bits per heavy atom. The van der Waals surface area contributed by atoms with Crippen LogP contribution in [0, 0.1) is 0 Å². The minimum absolute atomic E-state index is 0.257. The number of fused-ring (bicyclic) bond motifs is 1. The van der Waals surface area contributed by atoms with Crippen molar-refractivity contribution in [1.82, 2.24) is 4.31 Å². The van der Waals surface area contributed by atoms with Crippen LogP contribution in [0.25, 0.3) is 0 Å². The Morgan fingerprint density at radius 3 is 2.56 bits per heavy atom. The molecule has 0 spiro atoms. The molecular formula is C13H16ClNO2S. The normalized spacial score (nSPS) is 20.6. The summed E-state index contributed by atoms with van der Waals surface area (Å²) in [6, 6.07) is 7.11. The second-order valence-corrected chi connectivity index (χ2v) is 7.05. The fourth-order valence-corrected chi connectivity index (χ4v) is 4.50. The highest BCUT2D eigenvalue weighted by molar-refractivity contribution is 7.89. The Labute approximate surface area is 113 Å². The summed E-state index contributed by atoms with van der Waals surface area (Å²) in [5.41, 5.74) is 0.957. The second-order valence-electron chi connectivity index (χ2n) is 4.95. The number of hydrogen-bond acceptors (Lipinski definition) is 2. The Bertz CT molecular complexity index is 593. The smallest absolute Gasteiger partial charge is 0.207 e. The Balaban J connectivity index is 2.55. The van der Waals surface area contributed by atoms with Gasteiger partial charge in [-0.25, -0.2) is 8.42 Å². The van der Waals surface area contributed by atoms with Crippen LogP contribution >= 0.6 is 11.6 Å². The highest BCUT2D eigenvalue weighted by atomic mass is 35.5. The zero-order chi connectivity index (χ0) is 13.6. The van der Waals surface area contributed by atoms with Crippen molar-refractivity contribution < 1.29 is 8.42 Å². The summed E-state index contributed by atoms with van der Waals surface area (Å²) in [7, 11) is -3.45. The molecule has 0 unspecified atom stereocenters. The first-order valence-electron chi connectivity index (χ1n) is 5.67. The molecule has 0 saturated carbocycles. The molecule has 1 aromatic rings. The molecule has 98 valence electrons. The Morgan fingerprint density at radius 1 is 1.39 bits per heavy atom. The molecule has 2 rings (SSSR count). The molecule has 0 bridgehead atoms. The first kappa shape index (κ1) is 13.6. The van der Waals surface area contributed by atoms with Gasteiger partial charge in [0.15, 0.2) is 0 Å². The fraction of sp³-hybridized carbons (Fsp3) is 0.385. The van der Waals surface area contributed by atoms with Crippen molar-refractivity contribution in [2.45, 2.75) is 24.3 Å². The number of rotatable bonds is 3. The number of benzene rings is 1. The summed E-state index contributed by atoms with van der Waals surface area (Å²) < 4.78 is 26.5. The lowest BCUT2D eigenvalue weighted by molar-refractivity contribution is 0.260. The van der Waals surface area contributed by atoms with E-state index < -0.39 is 15.6 Å². The summed E-state index contributed by atoms with van der Waals surface area (Å²) >= 11 is 5.71. The third kappa shape index (κ3) is 1.88. The molecule has 3 nitrogen and oxygen atoms in total. The van der Waals surface area contributed by atoms with Gasteiger partial charge in [0.05, 0.1) is 10.4 Å². The van der Waals surface area contributed by atoms with E-state index in [0.717, 1.165) is 5.56 Å². The lowest BCUT2D eigenvalue weighted by atomic mass is 9.94. The Hall–Kier alpha value is -0.840. The topological polar surface area (TPSA) is 37.4 Å². The van der Waals surface area contributed by atoms with Crippen LogP contribution in [0.3, 0.4) is 0 Å². The molecular weight excluding hydrogens is 270 g/mol. The summed E-state index contributed by atoms with van der Waals surface area (Å²) in [5, 5.41) is 0. The third-order valence-corrected chi connectivity index (χ3v) is 5.75. The molecule has 1 aliphatic heterocycles. The molecule has 0 N–H and O–H groups in total. The fourth-order valence-electron chi connectivity index (χ4n) is 2.28. The number of halogens is 1. The SMILES string of the molecule is C=C(CCl)CN1C(C)(C)c2ccccc2S1(=O)=O. The highest BCUT2D eigenvalue weighted by Crippen LogP contribution is 2.43. The molecule has 0 radical (unpaired) electrons. The van der Waals surface area contributed by atoms with E-state index in [1.165, 1.54) is 4.31 Å². The van der Waals surface area contributed by atoms with E-state index in [2.05, 4.69) is 6.58 Å². The van der Waals surface area contributed by atoms with Gasteiger partial charge in [0, 0.05) is 12.4 Å². The molecule has 0 saturated heterocycles. The predicted octanol–water partition coefficient (Wildman–Crippen LogP) is 2.72. The van der Waals surface area contributed by atoms with E-state index in [1.807, 2.05) is 26.0 Å². The van der Waals surface area contributed by atoms with Crippen molar-refractivity contribution in [2.24, 2.45) is 0 Å². The van der Waals surface area contributed by atoms with Gasteiger partial charge in [-0.15, -0.1) is 11.6 Å². The number of alkyl halides is 1. The van der Waals surface area contributed by atoms with Crippen LogP contribution in [0.4, 0.5) is 0 Å². The molecule has 1 aromatic carbocycles. The van der Waals surface area contributed by atoms with Gasteiger partial charge < -0.3 is 0 Å². The maximum absolute atomic E-state index is 12.5. The largest absolute Gasteiger partial charge is 0.244 e. The van der Waals surface area contributed by atoms with Gasteiger partial charge >= 0.3 is 0 Å². The second kappa shape index (κ2) is 4.37. The summed E-state index contributed by atoms with van der Waals surface area (Å²) in [5.74, 6) is 0.262. The molecule has 0 atom stereocenters. The molecule has 0 aromatic heterocycles. The van der Waals surface area contributed by atoms with Crippen molar-refractivity contribution in [2.75, 3.05) is 12.4 Å². The average molecular weight is 286 g/mol. The number of sulfonamides is 1. The van der Waals surface area contributed by atoms with Gasteiger partial charge in [-0.05, 0) is 31.1 Å². The van der Waals surface area contributed by atoms with Gasteiger partial charge in [-0.3, -0.25) is 0 Å². The molecule has 1 heterocycles. The molecule has 5 heteroatoms. The standard InChI is InChI=1S/C13H16ClNO2S/c1-10(8-14)9-15-13(2,3)11-6-4-5-7-12(11)18(15,16)17/h4-7H,1,8-9H2,2-3H3. The first-order chi connectivity index (χ1) is 8.31. The van der Waals surface area contributed by atoms with Gasteiger partial charge in [0.1, 0.15) is 0 Å². The van der Waals surface area contributed by atoms with E-state index in [9.17, 15) is 8.42 Å². The summed E-state index contributed by atoms with van der Waals surface area (Å²) in [6.45, 7) is 7.85. The van der Waals surface area contributed by atoms with Crippen molar-refractivity contribution in [3.8, 4) is 0 Å². The van der Waals surface area contributed by atoms with Crippen LogP contribution in [-0.2, 0) is 15.6 Å². The Kier molecular flexibility index (Phi) is 3.30. The van der Waals surface area contributed by atoms with Crippen LogP contribution in [0.5, 0.6) is 0 Å².